The van der Waals surface area contributed by atoms with Crippen LogP contribution in [0.25, 0.3) is 22.3 Å². The van der Waals surface area contributed by atoms with Crippen LogP contribution in [0.15, 0.2) is 140 Å². The van der Waals surface area contributed by atoms with Gasteiger partial charge in [-0.15, -0.1) is 0 Å². The van der Waals surface area contributed by atoms with Crippen LogP contribution in [0.5, 0.6) is 0 Å². The SMILES string of the molecule is CC1C=CC(c2cccc(N(c3ccc(C4=CCCC=C4)cc3)c3cccc(-c4ccccc4)c3)c2)=CC1. The molecule has 0 saturated carbocycles. The highest BCUT2D eigenvalue weighted by Crippen LogP contribution is 2.38. The van der Waals surface area contributed by atoms with Crippen LogP contribution in [0.1, 0.15) is 37.3 Å². The molecule has 0 aromatic heterocycles. The predicted octanol–water partition coefficient (Wildman–Crippen LogP) is 10.5. The molecule has 0 amide bonds. The maximum absolute atomic E-state index is 2.38. The molecule has 38 heavy (non-hydrogen) atoms. The van der Waals surface area contributed by atoms with Gasteiger partial charge in [0.2, 0.25) is 0 Å². The molecule has 1 heteroatoms. The molecule has 0 radical (unpaired) electrons. The summed E-state index contributed by atoms with van der Waals surface area (Å²) in [6.45, 7) is 2.27. The average Bonchev–Trinajstić information content (AvgIpc) is 2.99. The third-order valence-electron chi connectivity index (χ3n) is 7.42. The van der Waals surface area contributed by atoms with E-state index in [9.17, 15) is 0 Å². The number of rotatable bonds is 6. The lowest BCUT2D eigenvalue weighted by Gasteiger charge is -2.27. The molecule has 6 rings (SSSR count). The third kappa shape index (κ3) is 5.19. The standard InChI is InChI=1S/C37H33N/c1-28-18-20-32(21-19-28)34-15-9-17-37(27-34)38(35-24-22-31(23-25-35)29-10-4-2-5-11-29)36-16-8-14-33(26-36)30-12-6-3-7-13-30/h3-4,6-18,20-28H,2,5,19H2,1H3. The molecule has 186 valence electrons. The van der Waals surface area contributed by atoms with Gasteiger partial charge in [0.05, 0.1) is 0 Å². The van der Waals surface area contributed by atoms with Crippen LogP contribution in [0.4, 0.5) is 17.1 Å². The van der Waals surface area contributed by atoms with Crippen LogP contribution in [-0.2, 0) is 0 Å². The number of nitrogens with zero attached hydrogens (tertiary/aromatic N) is 1. The zero-order chi connectivity index (χ0) is 25.7. The number of hydrogen-bond acceptors (Lipinski definition) is 1. The number of benzene rings is 4. The minimum absolute atomic E-state index is 0.604. The Labute approximate surface area is 226 Å². The Bertz CT molecular complexity index is 1530. The molecule has 0 heterocycles. The monoisotopic (exact) mass is 491 g/mol. The van der Waals surface area contributed by atoms with Crippen LogP contribution < -0.4 is 4.90 Å². The van der Waals surface area contributed by atoms with Crippen molar-refractivity contribution in [2.24, 2.45) is 5.92 Å². The minimum Gasteiger partial charge on any atom is -0.310 e. The summed E-state index contributed by atoms with van der Waals surface area (Å²) >= 11 is 0. The second-order valence-corrected chi connectivity index (χ2v) is 10.2. The molecule has 1 atom stereocenters. The van der Waals surface area contributed by atoms with E-state index in [1.807, 2.05) is 0 Å². The summed E-state index contributed by atoms with van der Waals surface area (Å²) in [4.78, 5) is 2.38. The normalized spacial score (nSPS) is 16.6. The molecule has 0 saturated heterocycles. The van der Waals surface area contributed by atoms with Crippen molar-refractivity contribution in [1.82, 2.24) is 0 Å². The summed E-state index contributed by atoms with van der Waals surface area (Å²) < 4.78 is 0. The Morgan fingerprint density at radius 2 is 1.24 bits per heavy atom. The van der Waals surface area contributed by atoms with E-state index >= 15 is 0 Å². The molecule has 2 aliphatic carbocycles. The van der Waals surface area contributed by atoms with Crippen LogP contribution in [0.2, 0.25) is 0 Å². The third-order valence-corrected chi connectivity index (χ3v) is 7.42. The maximum Gasteiger partial charge on any atom is 0.0467 e. The molecule has 4 aromatic rings. The largest absolute Gasteiger partial charge is 0.310 e. The lowest BCUT2D eigenvalue weighted by Crippen LogP contribution is -2.10. The van der Waals surface area contributed by atoms with Gasteiger partial charge in [0, 0.05) is 17.1 Å². The van der Waals surface area contributed by atoms with Gasteiger partial charge in [0.15, 0.2) is 0 Å². The maximum atomic E-state index is 2.38. The zero-order valence-corrected chi connectivity index (χ0v) is 21.9. The summed E-state index contributed by atoms with van der Waals surface area (Å²) in [6.07, 6.45) is 17.1. The second-order valence-electron chi connectivity index (χ2n) is 10.2. The molecule has 0 N–H and O–H groups in total. The van der Waals surface area contributed by atoms with E-state index in [1.54, 1.807) is 0 Å². The smallest absolute Gasteiger partial charge is 0.0467 e. The molecule has 0 spiro atoms. The van der Waals surface area contributed by atoms with Crippen molar-refractivity contribution in [3.05, 3.63) is 151 Å². The Balaban J connectivity index is 1.43. The van der Waals surface area contributed by atoms with Gasteiger partial charge in [-0.25, -0.2) is 0 Å². The molecule has 0 fully saturated rings. The number of anilines is 3. The lowest BCUT2D eigenvalue weighted by atomic mass is 9.94. The van der Waals surface area contributed by atoms with Gasteiger partial charge >= 0.3 is 0 Å². The van der Waals surface area contributed by atoms with Crippen molar-refractivity contribution < 1.29 is 0 Å². The first-order valence-electron chi connectivity index (χ1n) is 13.7. The highest BCUT2D eigenvalue weighted by atomic mass is 15.1. The number of allylic oxidation sites excluding steroid dienone is 8. The highest BCUT2D eigenvalue weighted by molar-refractivity contribution is 5.84. The second kappa shape index (κ2) is 10.9. The quantitative estimate of drug-likeness (QED) is 0.259. The van der Waals surface area contributed by atoms with E-state index in [0.717, 1.165) is 36.3 Å². The summed E-state index contributed by atoms with van der Waals surface area (Å²) in [5.74, 6) is 0.604. The Hall–Kier alpha value is -4.36. The van der Waals surface area contributed by atoms with Gasteiger partial charge in [-0.1, -0.05) is 110 Å². The fourth-order valence-electron chi connectivity index (χ4n) is 5.30. The minimum atomic E-state index is 0.604. The van der Waals surface area contributed by atoms with Gasteiger partial charge in [-0.3, -0.25) is 0 Å². The highest BCUT2D eigenvalue weighted by Gasteiger charge is 2.16. The summed E-state index contributed by atoms with van der Waals surface area (Å²) in [7, 11) is 0. The van der Waals surface area contributed by atoms with Crippen LogP contribution in [0, 0.1) is 5.92 Å². The van der Waals surface area contributed by atoms with Crippen molar-refractivity contribution in [1.29, 1.82) is 0 Å². The first kappa shape index (κ1) is 24.0. The van der Waals surface area contributed by atoms with E-state index in [0.29, 0.717) is 5.92 Å². The molecule has 0 bridgehead atoms. The average molecular weight is 492 g/mol. The Morgan fingerprint density at radius 3 is 1.92 bits per heavy atom. The summed E-state index contributed by atoms with van der Waals surface area (Å²) in [5.41, 5.74) is 11.0. The Kier molecular flexibility index (Phi) is 6.91. The first-order valence-corrected chi connectivity index (χ1v) is 13.7. The molecular formula is C37H33N. The van der Waals surface area contributed by atoms with E-state index < -0.39 is 0 Å². The summed E-state index contributed by atoms with van der Waals surface area (Å²) in [6, 6.07) is 37.4. The molecule has 2 aliphatic rings. The van der Waals surface area contributed by atoms with Crippen molar-refractivity contribution in [3.63, 3.8) is 0 Å². The van der Waals surface area contributed by atoms with E-state index in [1.165, 1.54) is 33.4 Å². The molecule has 1 nitrogen and oxygen atoms in total. The van der Waals surface area contributed by atoms with Crippen LogP contribution in [0.3, 0.4) is 0 Å². The van der Waals surface area contributed by atoms with Gasteiger partial charge in [-0.2, -0.15) is 0 Å². The fourth-order valence-corrected chi connectivity index (χ4v) is 5.30. The van der Waals surface area contributed by atoms with Gasteiger partial charge in [-0.05, 0) is 95.0 Å². The molecule has 0 aliphatic heterocycles. The van der Waals surface area contributed by atoms with E-state index in [2.05, 4.69) is 151 Å². The van der Waals surface area contributed by atoms with Crippen molar-refractivity contribution in [3.8, 4) is 11.1 Å². The van der Waals surface area contributed by atoms with Gasteiger partial charge in [0.25, 0.3) is 0 Å². The Morgan fingerprint density at radius 1 is 0.553 bits per heavy atom. The van der Waals surface area contributed by atoms with Crippen molar-refractivity contribution in [2.45, 2.75) is 26.2 Å². The molecular weight excluding hydrogens is 458 g/mol. The number of hydrogen-bond donors (Lipinski definition) is 0. The lowest BCUT2D eigenvalue weighted by molar-refractivity contribution is 0.739. The van der Waals surface area contributed by atoms with Gasteiger partial charge in [0.1, 0.15) is 0 Å². The van der Waals surface area contributed by atoms with E-state index in [-0.39, 0.29) is 0 Å². The molecule has 4 aromatic carbocycles. The van der Waals surface area contributed by atoms with Gasteiger partial charge < -0.3 is 4.90 Å². The van der Waals surface area contributed by atoms with Crippen LogP contribution >= 0.6 is 0 Å². The van der Waals surface area contributed by atoms with Crippen molar-refractivity contribution >= 4 is 28.2 Å². The zero-order valence-electron chi connectivity index (χ0n) is 21.9. The predicted molar refractivity (Wildman–Crippen MR) is 164 cm³/mol. The summed E-state index contributed by atoms with van der Waals surface area (Å²) in [5, 5.41) is 0. The topological polar surface area (TPSA) is 3.24 Å². The van der Waals surface area contributed by atoms with E-state index in [4.69, 9.17) is 0 Å². The first-order chi connectivity index (χ1) is 18.7. The fraction of sp³-hybridized carbons (Fsp3) is 0.135. The van der Waals surface area contributed by atoms with Crippen LogP contribution in [-0.4, -0.2) is 0 Å². The van der Waals surface area contributed by atoms with Crippen molar-refractivity contribution in [2.75, 3.05) is 4.90 Å². The molecule has 1 unspecified atom stereocenters.